The van der Waals surface area contributed by atoms with Crippen LogP contribution in [0.1, 0.15) is 0 Å². The number of amides is 1. The van der Waals surface area contributed by atoms with E-state index >= 15 is 0 Å². The summed E-state index contributed by atoms with van der Waals surface area (Å²) in [6.45, 7) is 4.67. The van der Waals surface area contributed by atoms with Crippen molar-refractivity contribution >= 4 is 12.4 Å². The van der Waals surface area contributed by atoms with Crippen molar-refractivity contribution in [3.63, 3.8) is 0 Å². The molecule has 0 aliphatic carbocycles. The molecule has 0 atom stereocenters. The van der Waals surface area contributed by atoms with E-state index in [0.29, 0.717) is 6.61 Å². The van der Waals surface area contributed by atoms with Crippen LogP contribution in [0.3, 0.4) is 0 Å². The van der Waals surface area contributed by atoms with Gasteiger partial charge in [0, 0.05) is 26.2 Å². The molecule has 1 fully saturated rings. The number of aliphatic imine (C=N–C) groups is 1. The molecule has 0 bridgehead atoms. The van der Waals surface area contributed by atoms with Crippen molar-refractivity contribution in [1.29, 1.82) is 0 Å². The third-order valence-electron chi connectivity index (χ3n) is 2.30. The van der Waals surface area contributed by atoms with Crippen LogP contribution in [0.25, 0.3) is 0 Å². The zero-order valence-corrected chi connectivity index (χ0v) is 7.48. The number of carbonyl (C=O) groups is 1. The van der Waals surface area contributed by atoms with Crippen LogP contribution in [-0.4, -0.2) is 61.6 Å². The van der Waals surface area contributed by atoms with Gasteiger partial charge in [-0.25, -0.2) is 4.99 Å². The molecule has 0 saturated carbocycles. The van der Waals surface area contributed by atoms with Gasteiger partial charge in [-0.05, 0) is 0 Å². The summed E-state index contributed by atoms with van der Waals surface area (Å²) < 4.78 is 5.33. The fourth-order valence-corrected chi connectivity index (χ4v) is 1.53. The molecular formula is C8H13N3O2. The predicted octanol–water partition coefficient (Wildman–Crippen LogP) is -0.853. The maximum Gasteiger partial charge on any atom is 0.287 e. The first-order valence-corrected chi connectivity index (χ1v) is 4.52. The first-order chi connectivity index (χ1) is 6.40. The number of amidine groups is 1. The largest absolute Gasteiger partial charge is 0.463 e. The minimum Gasteiger partial charge on any atom is -0.463 e. The van der Waals surface area contributed by atoms with E-state index in [2.05, 4.69) is 9.89 Å². The van der Waals surface area contributed by atoms with Gasteiger partial charge < -0.3 is 14.5 Å². The van der Waals surface area contributed by atoms with Crippen LogP contribution < -0.4 is 0 Å². The van der Waals surface area contributed by atoms with E-state index in [9.17, 15) is 4.79 Å². The normalized spacial score (nSPS) is 22.6. The van der Waals surface area contributed by atoms with Crippen LogP contribution in [0.15, 0.2) is 4.99 Å². The Morgan fingerprint density at radius 2 is 2.08 bits per heavy atom. The van der Waals surface area contributed by atoms with Gasteiger partial charge in [0.05, 0.1) is 6.54 Å². The van der Waals surface area contributed by atoms with Crippen LogP contribution >= 0.6 is 0 Å². The molecule has 1 saturated heterocycles. The Labute approximate surface area is 77.0 Å². The Kier molecular flexibility index (Phi) is 2.33. The van der Waals surface area contributed by atoms with Crippen LogP contribution in [0.5, 0.6) is 0 Å². The van der Waals surface area contributed by atoms with Gasteiger partial charge >= 0.3 is 0 Å². The van der Waals surface area contributed by atoms with Crippen LogP contribution in [0.4, 0.5) is 0 Å². The van der Waals surface area contributed by atoms with Crippen molar-refractivity contribution in [1.82, 2.24) is 9.80 Å². The number of rotatable bonds is 1. The van der Waals surface area contributed by atoms with E-state index in [1.807, 2.05) is 0 Å². The first kappa shape index (κ1) is 8.34. The number of piperazine rings is 1. The van der Waals surface area contributed by atoms with Crippen LogP contribution in [-0.2, 0) is 9.53 Å². The van der Waals surface area contributed by atoms with Gasteiger partial charge in [0.15, 0.2) is 0 Å². The quantitative estimate of drug-likeness (QED) is 0.497. The number of nitrogens with zero attached hydrogens (tertiary/aromatic N) is 3. The highest BCUT2D eigenvalue weighted by Crippen LogP contribution is 2.05. The maximum absolute atomic E-state index is 10.4. The fourth-order valence-electron chi connectivity index (χ4n) is 1.53. The van der Waals surface area contributed by atoms with Gasteiger partial charge in [0.2, 0.25) is 6.41 Å². The van der Waals surface area contributed by atoms with Gasteiger partial charge in [0.1, 0.15) is 6.61 Å². The summed E-state index contributed by atoms with van der Waals surface area (Å²) in [7, 11) is 0. The zero-order valence-electron chi connectivity index (χ0n) is 7.48. The maximum atomic E-state index is 10.4. The molecule has 0 aromatic carbocycles. The van der Waals surface area contributed by atoms with Gasteiger partial charge in [-0.15, -0.1) is 0 Å². The third kappa shape index (κ3) is 1.74. The molecular weight excluding hydrogens is 170 g/mol. The summed E-state index contributed by atoms with van der Waals surface area (Å²) in [6.07, 6.45) is 0.897. The van der Waals surface area contributed by atoms with E-state index < -0.39 is 0 Å². The van der Waals surface area contributed by atoms with Gasteiger partial charge in [0.25, 0.3) is 6.02 Å². The molecule has 0 N–H and O–H groups in total. The second-order valence-electron chi connectivity index (χ2n) is 3.14. The third-order valence-corrected chi connectivity index (χ3v) is 2.30. The molecule has 2 aliphatic heterocycles. The van der Waals surface area contributed by atoms with Crippen molar-refractivity contribution < 1.29 is 9.53 Å². The van der Waals surface area contributed by atoms with Crippen molar-refractivity contribution in [2.45, 2.75) is 0 Å². The molecule has 0 spiro atoms. The highest BCUT2D eigenvalue weighted by Gasteiger charge is 2.21. The molecule has 5 nitrogen and oxygen atoms in total. The lowest BCUT2D eigenvalue weighted by atomic mass is 10.3. The second-order valence-corrected chi connectivity index (χ2v) is 3.14. The average molecular weight is 183 g/mol. The molecule has 0 unspecified atom stereocenters. The molecule has 2 rings (SSSR count). The second kappa shape index (κ2) is 3.64. The number of hydrogen-bond acceptors (Lipinski definition) is 4. The van der Waals surface area contributed by atoms with E-state index in [-0.39, 0.29) is 0 Å². The lowest BCUT2D eigenvalue weighted by molar-refractivity contribution is -0.119. The molecule has 1 amide bonds. The standard InChI is InChI=1S/C8H13N3O2/c12-7-10-2-4-11(5-3-10)8-9-1-6-13-8/h7H,1-6H2. The van der Waals surface area contributed by atoms with Gasteiger partial charge in [-0.3, -0.25) is 4.79 Å². The summed E-state index contributed by atoms with van der Waals surface area (Å²) in [5, 5.41) is 0. The lowest BCUT2D eigenvalue weighted by Crippen LogP contribution is -2.48. The summed E-state index contributed by atoms with van der Waals surface area (Å²) in [4.78, 5) is 18.5. The molecule has 0 aromatic heterocycles. The van der Waals surface area contributed by atoms with E-state index in [1.54, 1.807) is 4.90 Å². The highest BCUT2D eigenvalue weighted by molar-refractivity contribution is 5.75. The molecule has 13 heavy (non-hydrogen) atoms. The molecule has 0 radical (unpaired) electrons. The van der Waals surface area contributed by atoms with Crippen LogP contribution in [0.2, 0.25) is 0 Å². The Hall–Kier alpha value is -1.26. The summed E-state index contributed by atoms with van der Waals surface area (Å²) in [5.41, 5.74) is 0. The minimum absolute atomic E-state index is 0.698. The van der Waals surface area contributed by atoms with E-state index in [4.69, 9.17) is 4.74 Å². The smallest absolute Gasteiger partial charge is 0.287 e. The SMILES string of the molecule is O=CN1CCN(C2=NCCO2)CC1. The Bertz CT molecular complexity index is 221. The Morgan fingerprint density at radius 3 is 2.62 bits per heavy atom. The van der Waals surface area contributed by atoms with E-state index in [0.717, 1.165) is 45.2 Å². The zero-order chi connectivity index (χ0) is 9.10. The Balaban J connectivity index is 1.87. The average Bonchev–Trinajstić information content (AvgIpc) is 2.71. The summed E-state index contributed by atoms with van der Waals surface area (Å²) >= 11 is 0. The highest BCUT2D eigenvalue weighted by atomic mass is 16.5. The number of hydrogen-bond donors (Lipinski definition) is 0. The predicted molar refractivity (Wildman–Crippen MR) is 47.5 cm³/mol. The first-order valence-electron chi connectivity index (χ1n) is 4.52. The molecule has 5 heteroatoms. The molecule has 0 aromatic rings. The topological polar surface area (TPSA) is 45.1 Å². The van der Waals surface area contributed by atoms with Crippen molar-refractivity contribution in [2.24, 2.45) is 4.99 Å². The lowest BCUT2D eigenvalue weighted by Gasteiger charge is -2.32. The number of ether oxygens (including phenoxy) is 1. The molecule has 2 aliphatic rings. The van der Waals surface area contributed by atoms with Crippen LogP contribution in [0, 0.1) is 0 Å². The summed E-state index contributed by atoms with van der Waals surface area (Å²) in [6, 6.07) is 0.755. The molecule has 2 heterocycles. The van der Waals surface area contributed by atoms with E-state index in [1.165, 1.54) is 0 Å². The monoisotopic (exact) mass is 183 g/mol. The number of carbonyl (C=O) groups excluding carboxylic acids is 1. The fraction of sp³-hybridized carbons (Fsp3) is 0.750. The summed E-state index contributed by atoms with van der Waals surface area (Å²) in [5.74, 6) is 0. The van der Waals surface area contributed by atoms with Gasteiger partial charge in [-0.2, -0.15) is 0 Å². The van der Waals surface area contributed by atoms with Crippen molar-refractivity contribution in [2.75, 3.05) is 39.3 Å². The molecule has 72 valence electrons. The van der Waals surface area contributed by atoms with Gasteiger partial charge in [-0.1, -0.05) is 0 Å². The Morgan fingerprint density at radius 1 is 1.31 bits per heavy atom. The minimum atomic E-state index is 0.698. The van der Waals surface area contributed by atoms with Crippen molar-refractivity contribution in [3.05, 3.63) is 0 Å². The van der Waals surface area contributed by atoms with Crippen molar-refractivity contribution in [3.8, 4) is 0 Å².